The normalized spacial score (nSPS) is 15.3. The Balaban J connectivity index is 1.61. The number of carbonyl (C=O) groups excluding carboxylic acids is 2. The zero-order chi connectivity index (χ0) is 20.6. The minimum atomic E-state index is -0.576. The monoisotopic (exact) mass is 393 g/mol. The number of hydrogen-bond donors (Lipinski definition) is 2. The number of nitrogens with one attached hydrogen (secondary N) is 2. The lowest BCUT2D eigenvalue weighted by molar-refractivity contribution is -0.124. The predicted molar refractivity (Wildman–Crippen MR) is 115 cm³/mol. The third kappa shape index (κ3) is 5.91. The highest BCUT2D eigenvalue weighted by Crippen LogP contribution is 2.16. The number of nitrogens with zero attached hydrogens (tertiary/aromatic N) is 1. The number of rotatable bonds is 8. The molecule has 29 heavy (non-hydrogen) atoms. The van der Waals surface area contributed by atoms with Crippen LogP contribution in [0.5, 0.6) is 0 Å². The maximum Gasteiger partial charge on any atom is 0.251 e. The van der Waals surface area contributed by atoms with Crippen molar-refractivity contribution in [2.75, 3.05) is 13.1 Å². The van der Waals surface area contributed by atoms with Crippen LogP contribution in [0.3, 0.4) is 0 Å². The minimum Gasteiger partial charge on any atom is -0.350 e. The molecule has 0 radical (unpaired) electrons. The molecule has 2 aromatic rings. The third-order valence-electron chi connectivity index (χ3n) is 5.44. The molecule has 1 aliphatic rings. The van der Waals surface area contributed by atoms with Gasteiger partial charge in [-0.2, -0.15) is 0 Å². The Labute approximate surface area is 173 Å². The van der Waals surface area contributed by atoms with Gasteiger partial charge in [0.2, 0.25) is 5.91 Å². The van der Waals surface area contributed by atoms with Gasteiger partial charge < -0.3 is 10.6 Å². The summed E-state index contributed by atoms with van der Waals surface area (Å²) in [5, 5.41) is 5.91. The molecule has 3 rings (SSSR count). The average Bonchev–Trinajstić information content (AvgIpc) is 3.24. The minimum absolute atomic E-state index is 0.0116. The quantitative estimate of drug-likeness (QED) is 0.723. The van der Waals surface area contributed by atoms with Crippen LogP contribution in [-0.4, -0.2) is 35.8 Å². The van der Waals surface area contributed by atoms with E-state index < -0.39 is 6.04 Å². The molecule has 0 bridgehead atoms. The second-order valence-corrected chi connectivity index (χ2v) is 8.03. The Bertz CT molecular complexity index is 814. The van der Waals surface area contributed by atoms with E-state index in [0.717, 1.165) is 25.2 Å². The van der Waals surface area contributed by atoms with Crippen LogP contribution in [-0.2, 0) is 17.9 Å². The Kier molecular flexibility index (Phi) is 7.42. The van der Waals surface area contributed by atoms with Crippen molar-refractivity contribution in [1.29, 1.82) is 0 Å². The fourth-order valence-electron chi connectivity index (χ4n) is 3.71. The Morgan fingerprint density at radius 2 is 1.55 bits per heavy atom. The van der Waals surface area contributed by atoms with Crippen molar-refractivity contribution in [3.8, 4) is 0 Å². The maximum atomic E-state index is 12.8. The zero-order valence-electron chi connectivity index (χ0n) is 17.4. The lowest BCUT2D eigenvalue weighted by atomic mass is 10.0. The number of likely N-dealkylation sites (tertiary alicyclic amines) is 1. The van der Waals surface area contributed by atoms with Crippen LogP contribution in [0.2, 0.25) is 0 Å². The molecule has 0 saturated carbocycles. The van der Waals surface area contributed by atoms with Crippen LogP contribution in [0.15, 0.2) is 54.6 Å². The first-order valence-corrected chi connectivity index (χ1v) is 10.5. The van der Waals surface area contributed by atoms with Crippen molar-refractivity contribution in [2.24, 2.45) is 5.92 Å². The molecule has 0 aromatic heterocycles. The lowest BCUT2D eigenvalue weighted by Crippen LogP contribution is -2.49. The van der Waals surface area contributed by atoms with Crippen LogP contribution in [0, 0.1) is 5.92 Å². The van der Waals surface area contributed by atoms with Crippen molar-refractivity contribution >= 4 is 11.8 Å². The summed E-state index contributed by atoms with van der Waals surface area (Å²) < 4.78 is 0. The van der Waals surface area contributed by atoms with Crippen molar-refractivity contribution in [1.82, 2.24) is 15.5 Å². The topological polar surface area (TPSA) is 61.4 Å². The van der Waals surface area contributed by atoms with Gasteiger partial charge in [-0.1, -0.05) is 56.3 Å². The SMILES string of the molecule is CC(C)[C@H](NC(=O)c1ccccc1)C(=O)NCc1ccccc1CN1CCCC1. The summed E-state index contributed by atoms with van der Waals surface area (Å²) in [4.78, 5) is 27.8. The van der Waals surface area contributed by atoms with E-state index in [-0.39, 0.29) is 17.7 Å². The van der Waals surface area contributed by atoms with Gasteiger partial charge in [0.05, 0.1) is 0 Å². The molecular weight excluding hydrogens is 362 g/mol. The fraction of sp³-hybridized carbons (Fsp3) is 0.417. The van der Waals surface area contributed by atoms with Gasteiger partial charge in [-0.3, -0.25) is 14.5 Å². The van der Waals surface area contributed by atoms with Gasteiger partial charge in [0.1, 0.15) is 6.04 Å². The lowest BCUT2D eigenvalue weighted by Gasteiger charge is -2.23. The number of benzene rings is 2. The summed E-state index contributed by atoms with van der Waals surface area (Å²) >= 11 is 0. The molecule has 2 aromatic carbocycles. The molecular formula is C24H31N3O2. The van der Waals surface area contributed by atoms with Gasteiger partial charge in [0.25, 0.3) is 5.91 Å². The molecule has 0 spiro atoms. The van der Waals surface area contributed by atoms with Crippen LogP contribution >= 0.6 is 0 Å². The predicted octanol–water partition coefficient (Wildman–Crippen LogP) is 3.35. The first-order chi connectivity index (χ1) is 14.0. The van der Waals surface area contributed by atoms with E-state index in [1.807, 2.05) is 44.2 Å². The van der Waals surface area contributed by atoms with E-state index in [4.69, 9.17) is 0 Å². The van der Waals surface area contributed by atoms with Crippen LogP contribution in [0.1, 0.15) is 48.2 Å². The summed E-state index contributed by atoms with van der Waals surface area (Å²) in [7, 11) is 0. The summed E-state index contributed by atoms with van der Waals surface area (Å²) in [6, 6.07) is 16.7. The molecule has 1 aliphatic heterocycles. The van der Waals surface area contributed by atoms with Crippen molar-refractivity contribution in [2.45, 2.75) is 45.8 Å². The molecule has 5 heteroatoms. The molecule has 1 atom stereocenters. The fourth-order valence-corrected chi connectivity index (χ4v) is 3.71. The van der Waals surface area contributed by atoms with Gasteiger partial charge in [0, 0.05) is 18.7 Å². The average molecular weight is 394 g/mol. The molecule has 5 nitrogen and oxygen atoms in total. The standard InChI is InChI=1S/C24H31N3O2/c1-18(2)22(26-23(28)19-10-4-3-5-11-19)24(29)25-16-20-12-6-7-13-21(20)17-27-14-8-9-15-27/h3-7,10-13,18,22H,8-9,14-17H2,1-2H3,(H,25,29)(H,26,28)/t22-/m0/s1. The van der Waals surface area contributed by atoms with Crippen molar-refractivity contribution in [3.63, 3.8) is 0 Å². The summed E-state index contributed by atoms with van der Waals surface area (Å²) in [5.41, 5.74) is 2.94. The molecule has 1 saturated heterocycles. The molecule has 154 valence electrons. The summed E-state index contributed by atoms with van der Waals surface area (Å²) in [6.07, 6.45) is 2.52. The zero-order valence-corrected chi connectivity index (χ0v) is 17.4. The number of amides is 2. The summed E-state index contributed by atoms with van der Waals surface area (Å²) in [5.74, 6) is -0.392. The van der Waals surface area contributed by atoms with Crippen LogP contribution in [0.4, 0.5) is 0 Å². The number of hydrogen-bond acceptors (Lipinski definition) is 3. The van der Waals surface area contributed by atoms with E-state index in [9.17, 15) is 9.59 Å². The highest BCUT2D eigenvalue weighted by Gasteiger charge is 2.24. The molecule has 2 amide bonds. The van der Waals surface area contributed by atoms with Gasteiger partial charge in [-0.25, -0.2) is 0 Å². The van der Waals surface area contributed by atoms with Gasteiger partial charge in [-0.15, -0.1) is 0 Å². The molecule has 0 unspecified atom stereocenters. The maximum absolute atomic E-state index is 12.8. The van der Waals surface area contributed by atoms with Crippen molar-refractivity contribution < 1.29 is 9.59 Å². The first kappa shape index (κ1) is 21.1. The Morgan fingerprint density at radius 3 is 2.21 bits per heavy atom. The smallest absolute Gasteiger partial charge is 0.251 e. The van der Waals surface area contributed by atoms with Crippen molar-refractivity contribution in [3.05, 3.63) is 71.3 Å². The molecule has 2 N–H and O–H groups in total. The van der Waals surface area contributed by atoms with E-state index in [2.05, 4.69) is 27.7 Å². The second kappa shape index (κ2) is 10.2. The highest BCUT2D eigenvalue weighted by molar-refractivity contribution is 5.97. The van der Waals surface area contributed by atoms with Gasteiger partial charge in [0.15, 0.2) is 0 Å². The van der Waals surface area contributed by atoms with E-state index in [1.165, 1.54) is 18.4 Å². The molecule has 0 aliphatic carbocycles. The highest BCUT2D eigenvalue weighted by atomic mass is 16.2. The van der Waals surface area contributed by atoms with E-state index in [1.54, 1.807) is 12.1 Å². The third-order valence-corrected chi connectivity index (χ3v) is 5.44. The van der Waals surface area contributed by atoms with Crippen LogP contribution in [0.25, 0.3) is 0 Å². The second-order valence-electron chi connectivity index (χ2n) is 8.03. The summed E-state index contributed by atoms with van der Waals surface area (Å²) in [6.45, 7) is 7.55. The van der Waals surface area contributed by atoms with Gasteiger partial charge >= 0.3 is 0 Å². The molecule has 1 fully saturated rings. The first-order valence-electron chi connectivity index (χ1n) is 10.5. The Morgan fingerprint density at radius 1 is 0.931 bits per heavy atom. The van der Waals surface area contributed by atoms with E-state index >= 15 is 0 Å². The molecule has 1 heterocycles. The van der Waals surface area contributed by atoms with Crippen LogP contribution < -0.4 is 10.6 Å². The van der Waals surface area contributed by atoms with E-state index in [0.29, 0.717) is 12.1 Å². The largest absolute Gasteiger partial charge is 0.350 e. The Hall–Kier alpha value is -2.66. The number of carbonyl (C=O) groups is 2. The van der Waals surface area contributed by atoms with Gasteiger partial charge in [-0.05, 0) is 55.1 Å².